The van der Waals surface area contributed by atoms with Gasteiger partial charge in [-0.1, -0.05) is 6.92 Å². The number of hydrogen-bond acceptors (Lipinski definition) is 3. The number of nitrogens with zero attached hydrogens (tertiary/aromatic N) is 1. The fraction of sp³-hybridized carbons (Fsp3) is 0.500. The van der Waals surface area contributed by atoms with Gasteiger partial charge in [-0.3, -0.25) is 0 Å². The molecule has 13 heavy (non-hydrogen) atoms. The van der Waals surface area contributed by atoms with Crippen LogP contribution in [0.25, 0.3) is 0 Å². The molecule has 0 fully saturated rings. The highest BCUT2D eigenvalue weighted by atomic mass is 32.1. The summed E-state index contributed by atoms with van der Waals surface area (Å²) < 4.78 is 0. The molecule has 0 saturated carbocycles. The van der Waals surface area contributed by atoms with Crippen molar-refractivity contribution < 1.29 is 0 Å². The maximum atomic E-state index is 8.34. The van der Waals surface area contributed by atoms with Crippen LogP contribution in [0.15, 0.2) is 11.4 Å². The van der Waals surface area contributed by atoms with Gasteiger partial charge in [0.2, 0.25) is 0 Å². The number of nitriles is 1. The molecule has 0 unspecified atom stereocenters. The van der Waals surface area contributed by atoms with Gasteiger partial charge in [-0.2, -0.15) is 5.26 Å². The summed E-state index contributed by atoms with van der Waals surface area (Å²) in [6, 6.07) is 4.29. The lowest BCUT2D eigenvalue weighted by molar-refractivity contribution is 0.702. The maximum absolute atomic E-state index is 8.34. The van der Waals surface area contributed by atoms with Gasteiger partial charge in [0, 0.05) is 24.4 Å². The number of aryl methyl sites for hydroxylation is 1. The predicted octanol–water partition coefficient (Wildman–Crippen LogP) is 2.31. The molecule has 70 valence electrons. The summed E-state index contributed by atoms with van der Waals surface area (Å²) in [5.74, 6) is 0. The van der Waals surface area contributed by atoms with Crippen molar-refractivity contribution in [2.75, 3.05) is 6.54 Å². The van der Waals surface area contributed by atoms with E-state index in [1.807, 2.05) is 0 Å². The van der Waals surface area contributed by atoms with Gasteiger partial charge >= 0.3 is 0 Å². The molecule has 1 aromatic rings. The molecule has 0 aromatic carbocycles. The lowest BCUT2D eigenvalue weighted by Crippen LogP contribution is -2.14. The quantitative estimate of drug-likeness (QED) is 0.730. The fourth-order valence-electron chi connectivity index (χ4n) is 1.18. The molecule has 0 atom stereocenters. The molecule has 3 heteroatoms. The van der Waals surface area contributed by atoms with E-state index in [4.69, 9.17) is 5.26 Å². The molecule has 1 aromatic heterocycles. The highest BCUT2D eigenvalue weighted by Gasteiger charge is 2.00. The Morgan fingerprint density at radius 3 is 3.15 bits per heavy atom. The Kier molecular flexibility index (Phi) is 4.52. The molecule has 1 heterocycles. The van der Waals surface area contributed by atoms with Crippen LogP contribution in [0.3, 0.4) is 0 Å². The minimum absolute atomic E-state index is 0.590. The van der Waals surface area contributed by atoms with Gasteiger partial charge in [0.25, 0.3) is 0 Å². The first-order valence-electron chi connectivity index (χ1n) is 4.51. The molecule has 0 aliphatic heterocycles. The minimum atomic E-state index is 0.590. The van der Waals surface area contributed by atoms with Crippen molar-refractivity contribution >= 4 is 11.3 Å². The zero-order valence-electron chi connectivity index (χ0n) is 7.84. The van der Waals surface area contributed by atoms with Crippen LogP contribution in [0.1, 0.15) is 23.8 Å². The van der Waals surface area contributed by atoms with Crippen molar-refractivity contribution in [1.29, 1.82) is 5.26 Å². The van der Waals surface area contributed by atoms with Crippen molar-refractivity contribution in [3.8, 4) is 6.07 Å². The third kappa shape index (κ3) is 3.17. The van der Waals surface area contributed by atoms with E-state index in [2.05, 4.69) is 29.8 Å². The van der Waals surface area contributed by atoms with Crippen LogP contribution < -0.4 is 5.32 Å². The Labute approximate surface area is 83.2 Å². The summed E-state index contributed by atoms with van der Waals surface area (Å²) in [6.07, 6.45) is 1.69. The molecule has 1 N–H and O–H groups in total. The largest absolute Gasteiger partial charge is 0.311 e. The molecule has 2 nitrogen and oxygen atoms in total. The Bertz CT molecular complexity index is 285. The van der Waals surface area contributed by atoms with Gasteiger partial charge in [-0.05, 0) is 23.4 Å². The molecule has 1 rings (SSSR count). The highest BCUT2D eigenvalue weighted by molar-refractivity contribution is 7.10. The molecule has 0 bridgehead atoms. The summed E-state index contributed by atoms with van der Waals surface area (Å²) in [7, 11) is 0. The zero-order valence-corrected chi connectivity index (χ0v) is 8.66. The molecule has 0 amide bonds. The summed E-state index contributed by atoms with van der Waals surface area (Å²) in [5.41, 5.74) is 1.43. The van der Waals surface area contributed by atoms with Crippen molar-refractivity contribution in [3.63, 3.8) is 0 Å². The summed E-state index contributed by atoms with van der Waals surface area (Å²) in [6.45, 7) is 3.86. The third-order valence-electron chi connectivity index (χ3n) is 1.92. The molecule has 0 saturated heterocycles. The average molecular weight is 194 g/mol. The van der Waals surface area contributed by atoms with E-state index < -0.39 is 0 Å². The van der Waals surface area contributed by atoms with Crippen molar-refractivity contribution in [3.05, 3.63) is 21.9 Å². The van der Waals surface area contributed by atoms with E-state index in [0.29, 0.717) is 6.42 Å². The van der Waals surface area contributed by atoms with Crippen molar-refractivity contribution in [1.82, 2.24) is 5.32 Å². The topological polar surface area (TPSA) is 35.8 Å². The van der Waals surface area contributed by atoms with Gasteiger partial charge in [0.1, 0.15) is 0 Å². The molecule has 0 radical (unpaired) electrons. The van der Waals surface area contributed by atoms with Crippen molar-refractivity contribution in [2.24, 2.45) is 0 Å². The SMILES string of the molecule is CCc1ccsc1CNCCC#N. The van der Waals surface area contributed by atoms with Crippen LogP contribution in [0.2, 0.25) is 0 Å². The first kappa shape index (κ1) is 10.2. The van der Waals surface area contributed by atoms with Crippen LogP contribution in [0, 0.1) is 11.3 Å². The van der Waals surface area contributed by atoms with E-state index in [-0.39, 0.29) is 0 Å². The summed E-state index contributed by atoms with van der Waals surface area (Å²) >= 11 is 1.79. The van der Waals surface area contributed by atoms with Crippen LogP contribution >= 0.6 is 11.3 Å². The molecular weight excluding hydrogens is 180 g/mol. The van der Waals surface area contributed by atoms with E-state index in [0.717, 1.165) is 19.5 Å². The monoisotopic (exact) mass is 194 g/mol. The fourth-order valence-corrected chi connectivity index (χ4v) is 2.13. The summed E-state index contributed by atoms with van der Waals surface area (Å²) in [5, 5.41) is 13.7. The maximum Gasteiger partial charge on any atom is 0.0635 e. The Balaban J connectivity index is 2.32. The van der Waals surface area contributed by atoms with Gasteiger partial charge in [0.15, 0.2) is 0 Å². The lowest BCUT2D eigenvalue weighted by Gasteiger charge is -2.01. The predicted molar refractivity (Wildman–Crippen MR) is 55.6 cm³/mol. The second-order valence-corrected chi connectivity index (χ2v) is 3.81. The zero-order chi connectivity index (χ0) is 9.52. The minimum Gasteiger partial charge on any atom is -0.311 e. The molecular formula is C10H14N2S. The molecule has 0 spiro atoms. The third-order valence-corrected chi connectivity index (χ3v) is 2.88. The van der Waals surface area contributed by atoms with Crippen LogP contribution in [0.5, 0.6) is 0 Å². The van der Waals surface area contributed by atoms with Crippen LogP contribution in [-0.2, 0) is 13.0 Å². The normalized spacial score (nSPS) is 9.85. The molecule has 0 aliphatic rings. The second kappa shape index (κ2) is 5.74. The Morgan fingerprint density at radius 2 is 2.46 bits per heavy atom. The van der Waals surface area contributed by atoms with E-state index >= 15 is 0 Å². The number of hydrogen-bond donors (Lipinski definition) is 1. The van der Waals surface area contributed by atoms with Gasteiger partial charge < -0.3 is 5.32 Å². The number of rotatable bonds is 5. The summed E-state index contributed by atoms with van der Waals surface area (Å²) in [4.78, 5) is 1.40. The van der Waals surface area contributed by atoms with E-state index in [1.54, 1.807) is 11.3 Å². The first-order chi connectivity index (χ1) is 6.38. The number of nitrogens with one attached hydrogen (secondary N) is 1. The van der Waals surface area contributed by atoms with E-state index in [9.17, 15) is 0 Å². The number of thiophene rings is 1. The van der Waals surface area contributed by atoms with Crippen molar-refractivity contribution in [2.45, 2.75) is 26.3 Å². The average Bonchev–Trinajstić information content (AvgIpc) is 2.60. The smallest absolute Gasteiger partial charge is 0.0635 e. The van der Waals surface area contributed by atoms with Gasteiger partial charge in [0.05, 0.1) is 6.07 Å². The van der Waals surface area contributed by atoms with E-state index in [1.165, 1.54) is 10.4 Å². The Hall–Kier alpha value is -0.850. The van der Waals surface area contributed by atoms with Crippen LogP contribution in [-0.4, -0.2) is 6.54 Å². The second-order valence-electron chi connectivity index (χ2n) is 2.81. The van der Waals surface area contributed by atoms with Crippen LogP contribution in [0.4, 0.5) is 0 Å². The Morgan fingerprint density at radius 1 is 1.62 bits per heavy atom. The lowest BCUT2D eigenvalue weighted by atomic mass is 10.2. The van der Waals surface area contributed by atoms with Gasteiger partial charge in [-0.15, -0.1) is 11.3 Å². The molecule has 0 aliphatic carbocycles. The standard InChI is InChI=1S/C10H14N2S/c1-2-9-4-7-13-10(9)8-12-6-3-5-11/h4,7,12H,2-3,6,8H2,1H3. The van der Waals surface area contributed by atoms with Gasteiger partial charge in [-0.25, -0.2) is 0 Å². The highest BCUT2D eigenvalue weighted by Crippen LogP contribution is 2.16. The first-order valence-corrected chi connectivity index (χ1v) is 5.39.